The fourth-order valence-electron chi connectivity index (χ4n) is 1.43. The fourth-order valence-corrected chi connectivity index (χ4v) is 1.66. The summed E-state index contributed by atoms with van der Waals surface area (Å²) in [6, 6.07) is 2.91. The monoisotopic (exact) mass is 258 g/mol. The Bertz CT molecular complexity index is 600. The van der Waals surface area contributed by atoms with Crippen LogP contribution in [0.25, 0.3) is 10.9 Å². The minimum atomic E-state index is -2.91. The molecule has 0 fully saturated rings. The van der Waals surface area contributed by atoms with Crippen molar-refractivity contribution in [3.05, 3.63) is 23.1 Å². The van der Waals surface area contributed by atoms with Crippen molar-refractivity contribution in [2.24, 2.45) is 0 Å². The van der Waals surface area contributed by atoms with Crippen LogP contribution in [-0.4, -0.2) is 23.7 Å². The van der Waals surface area contributed by atoms with E-state index in [-0.39, 0.29) is 11.5 Å². The van der Waals surface area contributed by atoms with Crippen LogP contribution in [0.1, 0.15) is 0 Å². The third-order valence-corrected chi connectivity index (χ3v) is 2.48. The highest BCUT2D eigenvalue weighted by molar-refractivity contribution is 7.71. The number of nitrogens with zero attached hydrogens (tertiary/aromatic N) is 1. The van der Waals surface area contributed by atoms with Gasteiger partial charge >= 0.3 is 6.61 Å². The Kier molecular flexibility index (Phi) is 3.19. The Morgan fingerprint density at radius 2 is 2.12 bits per heavy atom. The first-order chi connectivity index (χ1) is 8.11. The molecule has 0 aliphatic heterocycles. The predicted molar refractivity (Wildman–Crippen MR) is 60.1 cm³/mol. The lowest BCUT2D eigenvalue weighted by Gasteiger charge is -2.10. The number of alkyl halides is 2. The van der Waals surface area contributed by atoms with Gasteiger partial charge < -0.3 is 14.5 Å². The smallest absolute Gasteiger partial charge is 0.387 e. The Morgan fingerprint density at radius 3 is 2.76 bits per heavy atom. The number of fused-ring (bicyclic) bond motifs is 1. The minimum absolute atomic E-state index is 0.0492. The second-order valence-electron chi connectivity index (χ2n) is 3.13. The van der Waals surface area contributed by atoms with Crippen LogP contribution in [-0.2, 0) is 0 Å². The molecule has 1 heterocycles. The van der Waals surface area contributed by atoms with Crippen molar-refractivity contribution in [1.82, 2.24) is 9.97 Å². The molecule has 2 aromatic rings. The highest BCUT2D eigenvalue weighted by Gasteiger charge is 2.12. The average Bonchev–Trinajstić information content (AvgIpc) is 2.28. The summed E-state index contributed by atoms with van der Waals surface area (Å²) in [5.41, 5.74) is 0.557. The van der Waals surface area contributed by atoms with E-state index in [0.717, 1.165) is 0 Å². The molecule has 0 amide bonds. The number of nitrogens with one attached hydrogen (secondary N) is 1. The lowest BCUT2D eigenvalue weighted by Crippen LogP contribution is -2.03. The van der Waals surface area contributed by atoms with Gasteiger partial charge in [-0.15, -0.1) is 0 Å². The Hall–Kier alpha value is -1.76. The lowest BCUT2D eigenvalue weighted by atomic mass is 10.2. The maximum atomic E-state index is 12.2. The number of H-pyrrole nitrogens is 1. The number of rotatable bonds is 3. The third kappa shape index (κ3) is 2.33. The van der Waals surface area contributed by atoms with Gasteiger partial charge in [0.15, 0.2) is 11.5 Å². The zero-order valence-electron chi connectivity index (χ0n) is 8.74. The van der Waals surface area contributed by atoms with Crippen LogP contribution < -0.4 is 9.47 Å². The summed E-state index contributed by atoms with van der Waals surface area (Å²) in [4.78, 5) is 6.69. The van der Waals surface area contributed by atoms with E-state index in [1.54, 1.807) is 0 Å². The predicted octanol–water partition coefficient (Wildman–Crippen LogP) is 2.90. The molecule has 0 aliphatic carbocycles. The number of halogens is 2. The molecule has 0 saturated carbocycles. The van der Waals surface area contributed by atoms with Gasteiger partial charge in [0.2, 0.25) is 0 Å². The zero-order chi connectivity index (χ0) is 12.4. The summed E-state index contributed by atoms with van der Waals surface area (Å²) in [6.07, 6.45) is 1.39. The summed E-state index contributed by atoms with van der Waals surface area (Å²) >= 11 is 5.02. The molecule has 1 aromatic carbocycles. The van der Waals surface area contributed by atoms with Gasteiger partial charge in [0.05, 0.1) is 19.0 Å². The molecule has 17 heavy (non-hydrogen) atoms. The molecule has 1 N–H and O–H groups in total. The van der Waals surface area contributed by atoms with Gasteiger partial charge in [-0.25, -0.2) is 4.98 Å². The standard InChI is InChI=1S/C10H8F2N2O2S/c1-15-7-2-5-6(13-4-14-9(5)17)3-8(7)16-10(11)12/h2-4,10H,1H3,(H,13,14,17). The minimum Gasteiger partial charge on any atom is -0.493 e. The van der Waals surface area contributed by atoms with Crippen molar-refractivity contribution in [3.8, 4) is 11.5 Å². The van der Waals surface area contributed by atoms with Crippen LogP contribution in [0.3, 0.4) is 0 Å². The van der Waals surface area contributed by atoms with E-state index in [9.17, 15) is 8.78 Å². The molecule has 0 aliphatic rings. The van der Waals surface area contributed by atoms with E-state index in [0.29, 0.717) is 15.5 Å². The summed E-state index contributed by atoms with van der Waals surface area (Å²) in [5, 5.41) is 0.612. The first-order valence-electron chi connectivity index (χ1n) is 4.62. The average molecular weight is 258 g/mol. The summed E-state index contributed by atoms with van der Waals surface area (Å²) in [5.74, 6) is 0.136. The SMILES string of the molecule is COc1cc2c(=S)nc[nH]c2cc1OC(F)F. The van der Waals surface area contributed by atoms with Gasteiger partial charge in [-0.3, -0.25) is 0 Å². The number of benzene rings is 1. The number of aromatic nitrogens is 2. The quantitative estimate of drug-likeness (QED) is 0.860. The number of methoxy groups -OCH3 is 1. The van der Waals surface area contributed by atoms with Gasteiger partial charge in [0, 0.05) is 11.5 Å². The van der Waals surface area contributed by atoms with Gasteiger partial charge in [0.25, 0.3) is 0 Å². The molecule has 4 nitrogen and oxygen atoms in total. The highest BCUT2D eigenvalue weighted by Crippen LogP contribution is 2.32. The summed E-state index contributed by atoms with van der Waals surface area (Å²) < 4.78 is 34.1. The zero-order valence-corrected chi connectivity index (χ0v) is 9.55. The van der Waals surface area contributed by atoms with Crippen LogP contribution in [0.2, 0.25) is 0 Å². The Labute approximate surface area is 100 Å². The molecular weight excluding hydrogens is 250 g/mol. The largest absolute Gasteiger partial charge is 0.493 e. The van der Waals surface area contributed by atoms with E-state index >= 15 is 0 Å². The molecular formula is C10H8F2N2O2S. The van der Waals surface area contributed by atoms with Crippen LogP contribution in [0, 0.1) is 4.64 Å². The van der Waals surface area contributed by atoms with E-state index < -0.39 is 6.61 Å². The Balaban J connectivity index is 2.65. The topological polar surface area (TPSA) is 47.1 Å². The molecule has 0 bridgehead atoms. The second-order valence-corrected chi connectivity index (χ2v) is 3.52. The van der Waals surface area contributed by atoms with Crippen LogP contribution >= 0.6 is 12.2 Å². The second kappa shape index (κ2) is 4.62. The van der Waals surface area contributed by atoms with Gasteiger partial charge in [-0.05, 0) is 6.07 Å². The molecule has 0 saturated heterocycles. The first kappa shape index (κ1) is 11.7. The first-order valence-corrected chi connectivity index (χ1v) is 5.03. The van der Waals surface area contributed by atoms with Gasteiger partial charge in [0.1, 0.15) is 4.64 Å². The third-order valence-electron chi connectivity index (χ3n) is 2.15. The van der Waals surface area contributed by atoms with E-state index in [1.165, 1.54) is 25.6 Å². The number of hydrogen-bond acceptors (Lipinski definition) is 4. The van der Waals surface area contributed by atoms with Crippen molar-refractivity contribution in [3.63, 3.8) is 0 Å². The van der Waals surface area contributed by atoms with Crippen molar-refractivity contribution in [1.29, 1.82) is 0 Å². The van der Waals surface area contributed by atoms with Crippen LogP contribution in [0.4, 0.5) is 8.78 Å². The van der Waals surface area contributed by atoms with Gasteiger partial charge in [-0.1, -0.05) is 12.2 Å². The number of hydrogen-bond donors (Lipinski definition) is 1. The van der Waals surface area contributed by atoms with Gasteiger partial charge in [-0.2, -0.15) is 8.78 Å². The van der Waals surface area contributed by atoms with E-state index in [1.807, 2.05) is 0 Å². The fraction of sp³-hybridized carbons (Fsp3) is 0.200. The molecule has 0 atom stereocenters. The highest BCUT2D eigenvalue weighted by atomic mass is 32.1. The van der Waals surface area contributed by atoms with Crippen LogP contribution in [0.5, 0.6) is 11.5 Å². The molecule has 0 spiro atoms. The van der Waals surface area contributed by atoms with Crippen molar-refractivity contribution in [2.45, 2.75) is 6.61 Å². The summed E-state index contributed by atoms with van der Waals surface area (Å²) in [6.45, 7) is -2.91. The number of ether oxygens (including phenoxy) is 2. The Morgan fingerprint density at radius 1 is 1.35 bits per heavy atom. The van der Waals surface area contributed by atoms with Crippen molar-refractivity contribution >= 4 is 23.1 Å². The molecule has 0 radical (unpaired) electrons. The van der Waals surface area contributed by atoms with E-state index in [4.69, 9.17) is 17.0 Å². The number of aromatic amines is 1. The normalized spacial score (nSPS) is 10.8. The van der Waals surface area contributed by atoms with Crippen LogP contribution in [0.15, 0.2) is 18.5 Å². The van der Waals surface area contributed by atoms with E-state index in [2.05, 4.69) is 14.7 Å². The van der Waals surface area contributed by atoms with Crippen molar-refractivity contribution < 1.29 is 18.3 Å². The summed E-state index contributed by atoms with van der Waals surface area (Å²) in [7, 11) is 1.36. The molecule has 1 aromatic heterocycles. The maximum Gasteiger partial charge on any atom is 0.387 e. The molecule has 7 heteroatoms. The molecule has 90 valence electrons. The van der Waals surface area contributed by atoms with Crippen molar-refractivity contribution in [2.75, 3.05) is 7.11 Å². The lowest BCUT2D eigenvalue weighted by molar-refractivity contribution is -0.0511. The molecule has 2 rings (SSSR count). The maximum absolute atomic E-state index is 12.2. The molecule has 0 unspecified atom stereocenters.